The molecule has 1 atom stereocenters. The SMILES string of the molecule is CCNC(C)(CN1CCN(C2CC2)CC1)C(=O)OCC. The van der Waals surface area contributed by atoms with Crippen molar-refractivity contribution < 1.29 is 9.53 Å². The summed E-state index contributed by atoms with van der Waals surface area (Å²) in [6, 6.07) is 0.849. The van der Waals surface area contributed by atoms with Gasteiger partial charge in [0.05, 0.1) is 6.61 Å². The van der Waals surface area contributed by atoms with Gasteiger partial charge in [-0.05, 0) is 33.2 Å². The van der Waals surface area contributed by atoms with Gasteiger partial charge in [-0.25, -0.2) is 0 Å². The molecule has 0 amide bonds. The van der Waals surface area contributed by atoms with Gasteiger partial charge in [-0.1, -0.05) is 6.92 Å². The number of nitrogens with one attached hydrogen (secondary N) is 1. The molecule has 20 heavy (non-hydrogen) atoms. The van der Waals surface area contributed by atoms with Crippen molar-refractivity contribution in [2.45, 2.75) is 45.2 Å². The van der Waals surface area contributed by atoms with Crippen LogP contribution in [0.1, 0.15) is 33.6 Å². The number of carbonyl (C=O) groups is 1. The molecule has 1 aliphatic carbocycles. The van der Waals surface area contributed by atoms with E-state index in [0.29, 0.717) is 6.61 Å². The Morgan fingerprint density at radius 3 is 2.40 bits per heavy atom. The van der Waals surface area contributed by atoms with Crippen molar-refractivity contribution in [3.8, 4) is 0 Å². The molecule has 1 aliphatic heterocycles. The Bertz CT molecular complexity index is 325. The summed E-state index contributed by atoms with van der Waals surface area (Å²) in [5, 5.41) is 3.31. The summed E-state index contributed by atoms with van der Waals surface area (Å²) in [7, 11) is 0. The maximum atomic E-state index is 12.2. The summed E-state index contributed by atoms with van der Waals surface area (Å²) in [6.07, 6.45) is 2.75. The van der Waals surface area contributed by atoms with E-state index in [1.54, 1.807) is 0 Å². The maximum absolute atomic E-state index is 12.2. The molecule has 0 aromatic rings. The highest BCUT2D eigenvalue weighted by molar-refractivity contribution is 5.80. The van der Waals surface area contributed by atoms with Crippen LogP contribution in [-0.2, 0) is 9.53 Å². The molecule has 2 fully saturated rings. The Balaban J connectivity index is 1.86. The van der Waals surface area contributed by atoms with Gasteiger partial charge in [0.2, 0.25) is 0 Å². The lowest BCUT2D eigenvalue weighted by Crippen LogP contribution is -2.60. The molecule has 116 valence electrons. The largest absolute Gasteiger partial charge is 0.465 e. The van der Waals surface area contributed by atoms with E-state index in [1.165, 1.54) is 12.8 Å². The molecule has 5 nitrogen and oxygen atoms in total. The van der Waals surface area contributed by atoms with Gasteiger partial charge in [0, 0.05) is 38.8 Å². The minimum atomic E-state index is -0.591. The Morgan fingerprint density at radius 1 is 1.25 bits per heavy atom. The molecule has 2 aliphatic rings. The third kappa shape index (κ3) is 3.93. The average molecular weight is 283 g/mol. The zero-order valence-electron chi connectivity index (χ0n) is 13.2. The minimum Gasteiger partial charge on any atom is -0.465 e. The molecule has 1 saturated carbocycles. The molecule has 1 unspecified atom stereocenters. The maximum Gasteiger partial charge on any atom is 0.327 e. The highest BCUT2D eigenvalue weighted by Crippen LogP contribution is 2.27. The van der Waals surface area contributed by atoms with Crippen LogP contribution in [0.4, 0.5) is 0 Å². The fourth-order valence-corrected chi connectivity index (χ4v) is 3.05. The number of hydrogen-bond acceptors (Lipinski definition) is 5. The topological polar surface area (TPSA) is 44.8 Å². The predicted molar refractivity (Wildman–Crippen MR) is 79.7 cm³/mol. The van der Waals surface area contributed by atoms with Crippen LogP contribution in [-0.4, -0.2) is 73.2 Å². The molecule has 0 radical (unpaired) electrons. The lowest BCUT2D eigenvalue weighted by Gasteiger charge is -2.39. The number of likely N-dealkylation sites (N-methyl/N-ethyl adjacent to an activating group) is 1. The summed E-state index contributed by atoms with van der Waals surface area (Å²) in [5.74, 6) is -0.133. The number of carbonyl (C=O) groups excluding carboxylic acids is 1. The number of hydrogen-bond donors (Lipinski definition) is 1. The van der Waals surface area contributed by atoms with Crippen LogP contribution in [0.25, 0.3) is 0 Å². The summed E-state index contributed by atoms with van der Waals surface area (Å²) in [6.45, 7) is 12.2. The highest BCUT2D eigenvalue weighted by Gasteiger charge is 2.38. The monoisotopic (exact) mass is 283 g/mol. The van der Waals surface area contributed by atoms with E-state index in [2.05, 4.69) is 15.1 Å². The van der Waals surface area contributed by atoms with E-state index >= 15 is 0 Å². The standard InChI is InChI=1S/C15H29N3O2/c1-4-16-15(3,14(19)20-5-2)12-17-8-10-18(11-9-17)13-6-7-13/h13,16H,4-12H2,1-3H3. The highest BCUT2D eigenvalue weighted by atomic mass is 16.5. The number of esters is 1. The van der Waals surface area contributed by atoms with Gasteiger partial charge in [0.15, 0.2) is 0 Å². The molecule has 1 heterocycles. The van der Waals surface area contributed by atoms with Crippen LogP contribution in [0, 0.1) is 0 Å². The molecule has 1 saturated heterocycles. The first kappa shape index (κ1) is 15.7. The Morgan fingerprint density at radius 2 is 1.90 bits per heavy atom. The third-order valence-corrected chi connectivity index (χ3v) is 4.30. The van der Waals surface area contributed by atoms with Gasteiger partial charge in [-0.2, -0.15) is 0 Å². The average Bonchev–Trinajstić information content (AvgIpc) is 3.24. The Kier molecular flexibility index (Phi) is 5.41. The first-order valence-corrected chi connectivity index (χ1v) is 7.97. The first-order chi connectivity index (χ1) is 9.59. The Labute approximate surface area is 122 Å². The zero-order chi connectivity index (χ0) is 14.6. The van der Waals surface area contributed by atoms with Crippen LogP contribution in [0.15, 0.2) is 0 Å². The molecule has 1 N–H and O–H groups in total. The summed E-state index contributed by atoms with van der Waals surface area (Å²) in [4.78, 5) is 17.2. The Hall–Kier alpha value is -0.650. The molecule has 0 spiro atoms. The molecule has 0 aromatic carbocycles. The smallest absolute Gasteiger partial charge is 0.327 e. The first-order valence-electron chi connectivity index (χ1n) is 7.97. The fourth-order valence-electron chi connectivity index (χ4n) is 3.05. The molecule has 0 bridgehead atoms. The molecule has 0 aromatic heterocycles. The van der Waals surface area contributed by atoms with E-state index in [1.807, 2.05) is 20.8 Å². The van der Waals surface area contributed by atoms with Crippen molar-refractivity contribution in [1.82, 2.24) is 15.1 Å². The van der Waals surface area contributed by atoms with Crippen molar-refractivity contribution >= 4 is 5.97 Å². The van der Waals surface area contributed by atoms with Crippen LogP contribution >= 0.6 is 0 Å². The fraction of sp³-hybridized carbons (Fsp3) is 0.933. The second kappa shape index (κ2) is 6.87. The van der Waals surface area contributed by atoms with Gasteiger partial charge in [-0.15, -0.1) is 0 Å². The predicted octanol–water partition coefficient (Wildman–Crippen LogP) is 0.698. The number of ether oxygens (including phenoxy) is 1. The van der Waals surface area contributed by atoms with E-state index < -0.39 is 5.54 Å². The van der Waals surface area contributed by atoms with Gasteiger partial charge in [-0.3, -0.25) is 14.6 Å². The van der Waals surface area contributed by atoms with E-state index in [0.717, 1.165) is 45.3 Å². The van der Waals surface area contributed by atoms with Crippen molar-refractivity contribution in [1.29, 1.82) is 0 Å². The number of nitrogens with zero attached hydrogens (tertiary/aromatic N) is 2. The second-order valence-electron chi connectivity index (χ2n) is 6.13. The molecular formula is C15H29N3O2. The molecule has 2 rings (SSSR count). The molecule has 5 heteroatoms. The van der Waals surface area contributed by atoms with E-state index in [4.69, 9.17) is 4.74 Å². The van der Waals surface area contributed by atoms with Crippen LogP contribution in [0.5, 0.6) is 0 Å². The zero-order valence-corrected chi connectivity index (χ0v) is 13.2. The summed E-state index contributed by atoms with van der Waals surface area (Å²) < 4.78 is 5.23. The van der Waals surface area contributed by atoms with Crippen LogP contribution < -0.4 is 5.32 Å². The second-order valence-corrected chi connectivity index (χ2v) is 6.13. The number of rotatable bonds is 7. The quantitative estimate of drug-likeness (QED) is 0.697. The molecular weight excluding hydrogens is 254 g/mol. The summed E-state index contributed by atoms with van der Waals surface area (Å²) in [5.41, 5.74) is -0.591. The van der Waals surface area contributed by atoms with Crippen molar-refractivity contribution in [2.24, 2.45) is 0 Å². The lowest BCUT2D eigenvalue weighted by molar-refractivity contribution is -0.151. The van der Waals surface area contributed by atoms with E-state index in [-0.39, 0.29) is 5.97 Å². The van der Waals surface area contributed by atoms with Crippen molar-refractivity contribution in [3.63, 3.8) is 0 Å². The number of piperazine rings is 1. The van der Waals surface area contributed by atoms with Crippen LogP contribution in [0.2, 0.25) is 0 Å². The lowest BCUT2D eigenvalue weighted by atomic mass is 10.0. The normalized spacial score (nSPS) is 24.4. The summed E-state index contributed by atoms with van der Waals surface area (Å²) >= 11 is 0. The van der Waals surface area contributed by atoms with Crippen LogP contribution in [0.3, 0.4) is 0 Å². The van der Waals surface area contributed by atoms with Crippen molar-refractivity contribution in [2.75, 3.05) is 45.9 Å². The minimum absolute atomic E-state index is 0.133. The van der Waals surface area contributed by atoms with Gasteiger partial charge in [0.25, 0.3) is 0 Å². The van der Waals surface area contributed by atoms with Crippen molar-refractivity contribution in [3.05, 3.63) is 0 Å². The third-order valence-electron chi connectivity index (χ3n) is 4.30. The van der Waals surface area contributed by atoms with Gasteiger partial charge >= 0.3 is 5.97 Å². The van der Waals surface area contributed by atoms with Gasteiger partial charge in [0.1, 0.15) is 5.54 Å². The van der Waals surface area contributed by atoms with E-state index in [9.17, 15) is 4.79 Å². The van der Waals surface area contributed by atoms with Gasteiger partial charge < -0.3 is 10.1 Å².